The SMILES string of the molecule is N[C@H]1CC[C@H](Nc2nc(NC3CCN(S(=O)(=O)c4ccc(Cl)c([N+](=O)[O-])c4)CC3)c3ncn(C4CCCC4)c3n2)CC1. The Morgan fingerprint density at radius 3 is 2.36 bits per heavy atom. The van der Waals surface area contributed by atoms with Gasteiger partial charge in [-0.2, -0.15) is 14.3 Å². The fourth-order valence-corrected chi connectivity index (χ4v) is 8.03. The van der Waals surface area contributed by atoms with Gasteiger partial charge in [-0.05, 0) is 63.5 Å². The Balaban J connectivity index is 1.20. The summed E-state index contributed by atoms with van der Waals surface area (Å²) in [5.41, 5.74) is 7.19. The van der Waals surface area contributed by atoms with Crippen LogP contribution in [0.2, 0.25) is 5.02 Å². The number of nitrogens with two attached hydrogens (primary N) is 1. The number of fused-ring (bicyclic) bond motifs is 1. The molecule has 13 nitrogen and oxygen atoms in total. The van der Waals surface area contributed by atoms with Gasteiger partial charge in [-0.3, -0.25) is 10.1 Å². The van der Waals surface area contributed by atoms with Crippen molar-refractivity contribution in [3.05, 3.63) is 39.7 Å². The van der Waals surface area contributed by atoms with E-state index in [9.17, 15) is 18.5 Å². The summed E-state index contributed by atoms with van der Waals surface area (Å²) in [6.07, 6.45) is 11.4. The van der Waals surface area contributed by atoms with Crippen molar-refractivity contribution >= 4 is 50.2 Å². The van der Waals surface area contributed by atoms with Crippen molar-refractivity contribution in [2.24, 2.45) is 5.73 Å². The number of imidazole rings is 1. The van der Waals surface area contributed by atoms with Crippen LogP contribution in [0.15, 0.2) is 29.4 Å². The second-order valence-electron chi connectivity index (χ2n) is 11.6. The Morgan fingerprint density at radius 1 is 0.976 bits per heavy atom. The summed E-state index contributed by atoms with van der Waals surface area (Å²) < 4.78 is 30.1. The summed E-state index contributed by atoms with van der Waals surface area (Å²) in [7, 11) is -3.92. The lowest BCUT2D eigenvalue weighted by molar-refractivity contribution is -0.384. The van der Waals surface area contributed by atoms with Gasteiger partial charge in [-0.25, -0.2) is 13.4 Å². The van der Waals surface area contributed by atoms with Crippen LogP contribution in [-0.2, 0) is 10.0 Å². The van der Waals surface area contributed by atoms with Crippen LogP contribution in [0.25, 0.3) is 11.2 Å². The fraction of sp³-hybridized carbons (Fsp3) is 0.593. The van der Waals surface area contributed by atoms with Crippen molar-refractivity contribution < 1.29 is 13.3 Å². The van der Waals surface area contributed by atoms with Crippen LogP contribution in [0.4, 0.5) is 17.5 Å². The number of hydrogen-bond donors (Lipinski definition) is 3. The Labute approximate surface area is 249 Å². The molecule has 1 saturated heterocycles. The Morgan fingerprint density at radius 2 is 1.67 bits per heavy atom. The number of nitrogens with zero attached hydrogens (tertiary/aromatic N) is 6. The molecule has 3 fully saturated rings. The first kappa shape index (κ1) is 29.0. The third kappa shape index (κ3) is 5.90. The highest BCUT2D eigenvalue weighted by Gasteiger charge is 2.32. The molecule has 2 aliphatic carbocycles. The zero-order valence-corrected chi connectivity index (χ0v) is 24.9. The zero-order valence-electron chi connectivity index (χ0n) is 23.3. The highest BCUT2D eigenvalue weighted by molar-refractivity contribution is 7.89. The monoisotopic (exact) mass is 617 g/mol. The minimum absolute atomic E-state index is 0.0359. The number of aromatic nitrogens is 4. The van der Waals surface area contributed by atoms with Crippen LogP contribution in [0.1, 0.15) is 70.3 Å². The molecule has 0 atom stereocenters. The van der Waals surface area contributed by atoms with Gasteiger partial charge < -0.3 is 20.9 Å². The van der Waals surface area contributed by atoms with Crippen molar-refractivity contribution in [3.8, 4) is 0 Å². The highest BCUT2D eigenvalue weighted by Crippen LogP contribution is 2.34. The molecule has 0 unspecified atom stereocenters. The van der Waals surface area contributed by atoms with E-state index in [-0.39, 0.29) is 41.1 Å². The second kappa shape index (κ2) is 11.9. The number of sulfonamides is 1. The quantitative estimate of drug-likeness (QED) is 0.242. The van der Waals surface area contributed by atoms with Gasteiger partial charge in [-0.15, -0.1) is 0 Å². The maximum absolute atomic E-state index is 13.3. The van der Waals surface area contributed by atoms with E-state index in [1.165, 1.54) is 29.3 Å². The molecule has 0 radical (unpaired) electrons. The number of piperidine rings is 1. The van der Waals surface area contributed by atoms with Gasteiger partial charge in [0.15, 0.2) is 17.0 Å². The minimum Gasteiger partial charge on any atom is -0.365 e. The Bertz CT molecular complexity index is 1560. The van der Waals surface area contributed by atoms with Crippen molar-refractivity contribution in [3.63, 3.8) is 0 Å². The van der Waals surface area contributed by atoms with Crippen LogP contribution in [-0.4, -0.2) is 68.4 Å². The maximum atomic E-state index is 13.3. The van der Waals surface area contributed by atoms with Gasteiger partial charge in [-0.1, -0.05) is 24.4 Å². The van der Waals surface area contributed by atoms with Crippen LogP contribution >= 0.6 is 11.6 Å². The largest absolute Gasteiger partial charge is 0.365 e. The van der Waals surface area contributed by atoms with Crippen molar-refractivity contribution in [1.29, 1.82) is 0 Å². The molecule has 42 heavy (non-hydrogen) atoms. The number of anilines is 2. The lowest BCUT2D eigenvalue weighted by Gasteiger charge is -2.32. The van der Waals surface area contributed by atoms with Gasteiger partial charge in [0.25, 0.3) is 5.69 Å². The first-order valence-corrected chi connectivity index (χ1v) is 16.5. The number of halogens is 1. The first-order chi connectivity index (χ1) is 20.2. The molecule has 4 N–H and O–H groups in total. The van der Waals surface area contributed by atoms with Crippen molar-refractivity contribution in [1.82, 2.24) is 23.8 Å². The summed E-state index contributed by atoms with van der Waals surface area (Å²) in [6, 6.07) is 4.42. The number of benzene rings is 1. The van der Waals surface area contributed by atoms with Crippen molar-refractivity contribution in [2.45, 2.75) is 93.3 Å². The average molecular weight is 618 g/mol. The molecule has 15 heteroatoms. The smallest absolute Gasteiger partial charge is 0.289 e. The molecule has 3 heterocycles. The molecular weight excluding hydrogens is 582 g/mol. The van der Waals surface area contributed by atoms with E-state index in [1.54, 1.807) is 0 Å². The number of nitrogens with one attached hydrogen (secondary N) is 2. The van der Waals surface area contributed by atoms with Gasteiger partial charge in [0.1, 0.15) is 5.02 Å². The van der Waals surface area contributed by atoms with E-state index in [4.69, 9.17) is 32.3 Å². The highest BCUT2D eigenvalue weighted by atomic mass is 35.5. The summed E-state index contributed by atoms with van der Waals surface area (Å²) >= 11 is 5.89. The summed E-state index contributed by atoms with van der Waals surface area (Å²) in [6.45, 7) is 0.517. The predicted octanol–water partition coefficient (Wildman–Crippen LogP) is 4.45. The summed E-state index contributed by atoms with van der Waals surface area (Å²) in [5.74, 6) is 1.20. The third-order valence-corrected chi connectivity index (χ3v) is 11.0. The number of nitro groups is 1. The van der Waals surface area contributed by atoms with Crippen LogP contribution in [0, 0.1) is 10.1 Å². The topological polar surface area (TPSA) is 174 Å². The third-order valence-electron chi connectivity index (χ3n) is 8.79. The van der Waals surface area contributed by atoms with E-state index in [1.807, 2.05) is 6.33 Å². The molecule has 0 amide bonds. The summed E-state index contributed by atoms with van der Waals surface area (Å²) in [4.78, 5) is 24.9. The summed E-state index contributed by atoms with van der Waals surface area (Å²) in [5, 5.41) is 18.3. The normalized spacial score (nSPS) is 22.9. The molecule has 2 aromatic heterocycles. The number of hydrogen-bond acceptors (Lipinski definition) is 10. The van der Waals surface area contributed by atoms with Crippen LogP contribution < -0.4 is 16.4 Å². The van der Waals surface area contributed by atoms with Crippen LogP contribution in [0.3, 0.4) is 0 Å². The van der Waals surface area contributed by atoms with E-state index < -0.39 is 20.6 Å². The van der Waals surface area contributed by atoms with E-state index in [0.29, 0.717) is 36.2 Å². The lowest BCUT2D eigenvalue weighted by atomic mass is 9.92. The van der Waals surface area contributed by atoms with Gasteiger partial charge in [0.2, 0.25) is 16.0 Å². The van der Waals surface area contributed by atoms with Gasteiger partial charge >= 0.3 is 0 Å². The number of nitro benzene ring substituents is 1. The Hall–Kier alpha value is -3.07. The van der Waals surface area contributed by atoms with Crippen molar-refractivity contribution in [2.75, 3.05) is 23.7 Å². The Kier molecular flexibility index (Phi) is 8.22. The average Bonchev–Trinajstić information content (AvgIpc) is 3.65. The predicted molar refractivity (Wildman–Crippen MR) is 160 cm³/mol. The van der Waals surface area contributed by atoms with E-state index in [2.05, 4.69) is 15.2 Å². The first-order valence-electron chi connectivity index (χ1n) is 14.7. The molecule has 0 bridgehead atoms. The fourth-order valence-electron chi connectivity index (χ4n) is 6.35. The minimum atomic E-state index is -3.92. The van der Waals surface area contributed by atoms with E-state index in [0.717, 1.165) is 50.2 Å². The molecule has 2 saturated carbocycles. The maximum Gasteiger partial charge on any atom is 0.289 e. The molecule has 6 rings (SSSR count). The second-order valence-corrected chi connectivity index (χ2v) is 14.0. The molecule has 1 aliphatic heterocycles. The molecule has 0 spiro atoms. The molecule has 226 valence electrons. The van der Waals surface area contributed by atoms with Gasteiger partial charge in [0.05, 0.1) is 16.1 Å². The lowest BCUT2D eigenvalue weighted by Crippen LogP contribution is -2.42. The zero-order chi connectivity index (χ0) is 29.4. The standard InChI is InChI=1S/C27H36ClN9O4S/c28-22-10-9-21(15-23(22)37(38)39)42(40,41)35-13-11-19(12-14-35)31-25-24-26(36(16-30-24)20-3-1-2-4-20)34-27(33-25)32-18-7-5-17(29)6-8-18/h9-10,15-20H,1-8,11-14,29H2,(H2,31,32,33,34)/t17-,18-. The van der Waals surface area contributed by atoms with Crippen LogP contribution in [0.5, 0.6) is 0 Å². The molecule has 3 aromatic rings. The molecule has 3 aliphatic rings. The molecular formula is C27H36ClN9O4S. The van der Waals surface area contributed by atoms with Gasteiger partial charge in [0, 0.05) is 43.3 Å². The molecule has 1 aromatic carbocycles. The number of rotatable bonds is 8. The van der Waals surface area contributed by atoms with E-state index >= 15 is 0 Å².